The van der Waals surface area contributed by atoms with Gasteiger partial charge in [-0.25, -0.2) is 9.79 Å². The highest BCUT2D eigenvalue weighted by Gasteiger charge is 2.24. The van der Waals surface area contributed by atoms with Gasteiger partial charge in [0.05, 0.1) is 10.2 Å². The van der Waals surface area contributed by atoms with E-state index in [0.717, 1.165) is 31.4 Å². The minimum absolute atomic E-state index is 0.235. The van der Waals surface area contributed by atoms with Gasteiger partial charge in [0.15, 0.2) is 17.2 Å². The zero-order valence-electron chi connectivity index (χ0n) is 21.1. The average molecular weight is 615 g/mol. The van der Waals surface area contributed by atoms with Crippen LogP contribution >= 0.6 is 22.6 Å². The van der Waals surface area contributed by atoms with E-state index in [1.807, 2.05) is 73.7 Å². The Kier molecular flexibility index (Phi) is 7.89. The molecule has 0 saturated carbocycles. The van der Waals surface area contributed by atoms with Gasteiger partial charge in [-0.1, -0.05) is 72.3 Å². The third kappa shape index (κ3) is 5.97. The Morgan fingerprint density at radius 1 is 0.868 bits per heavy atom. The normalized spacial score (nSPS) is 13.8. The lowest BCUT2D eigenvalue weighted by molar-refractivity contribution is -0.129. The number of aryl methyl sites for hydroxylation is 1. The molecule has 0 amide bonds. The molecule has 1 aliphatic heterocycles. The number of hydrogen-bond acceptors (Lipinski definition) is 5. The number of ether oxygens (including phenoxy) is 3. The second kappa shape index (κ2) is 11.6. The van der Waals surface area contributed by atoms with Crippen molar-refractivity contribution in [2.45, 2.75) is 20.5 Å². The van der Waals surface area contributed by atoms with Gasteiger partial charge in [-0.15, -0.1) is 0 Å². The van der Waals surface area contributed by atoms with Crippen molar-refractivity contribution >= 4 is 40.5 Å². The topological polar surface area (TPSA) is 57.1 Å². The Balaban J connectivity index is 1.38. The lowest BCUT2D eigenvalue weighted by atomic mass is 10.0. The highest BCUT2D eigenvalue weighted by Crippen LogP contribution is 2.36. The van der Waals surface area contributed by atoms with Gasteiger partial charge < -0.3 is 14.2 Å². The summed E-state index contributed by atoms with van der Waals surface area (Å²) in [4.78, 5) is 17.1. The summed E-state index contributed by atoms with van der Waals surface area (Å²) in [5, 5.41) is 0. The third-order valence-corrected chi connectivity index (χ3v) is 6.76. The smallest absolute Gasteiger partial charge is 0.363 e. The van der Waals surface area contributed by atoms with Gasteiger partial charge in [0.2, 0.25) is 5.90 Å². The molecule has 5 nitrogen and oxygen atoms in total. The van der Waals surface area contributed by atoms with Gasteiger partial charge in [0, 0.05) is 5.56 Å². The van der Waals surface area contributed by atoms with Crippen LogP contribution in [0.4, 0.5) is 0 Å². The van der Waals surface area contributed by atoms with Crippen molar-refractivity contribution in [3.05, 3.63) is 123 Å². The Morgan fingerprint density at radius 3 is 2.34 bits per heavy atom. The molecule has 6 heteroatoms. The zero-order valence-corrected chi connectivity index (χ0v) is 23.3. The SMILES string of the molecule is CCOc1cc(/C=C2\N=C(c3ccc(-c4ccccc4)cc3)OC2=O)cc(I)c1OCc1cccc(C)c1. The van der Waals surface area contributed by atoms with Gasteiger partial charge in [0.25, 0.3) is 0 Å². The fourth-order valence-corrected chi connectivity index (χ4v) is 4.94. The van der Waals surface area contributed by atoms with E-state index >= 15 is 0 Å². The van der Waals surface area contributed by atoms with Crippen LogP contribution in [-0.4, -0.2) is 18.5 Å². The first-order valence-electron chi connectivity index (χ1n) is 12.3. The maximum atomic E-state index is 12.6. The van der Waals surface area contributed by atoms with Crippen LogP contribution in [0.1, 0.15) is 29.2 Å². The molecule has 0 aromatic heterocycles. The summed E-state index contributed by atoms with van der Waals surface area (Å²) in [6.07, 6.45) is 1.71. The first-order chi connectivity index (χ1) is 18.5. The van der Waals surface area contributed by atoms with Gasteiger partial charge >= 0.3 is 5.97 Å². The van der Waals surface area contributed by atoms with Gasteiger partial charge in [0.1, 0.15) is 6.61 Å². The van der Waals surface area contributed by atoms with Gasteiger partial charge in [-0.3, -0.25) is 0 Å². The minimum Gasteiger partial charge on any atom is -0.490 e. The van der Waals surface area contributed by atoms with Crippen LogP contribution in [-0.2, 0) is 16.1 Å². The largest absolute Gasteiger partial charge is 0.490 e. The van der Waals surface area contributed by atoms with Gasteiger partial charge in [-0.2, -0.15) is 0 Å². The van der Waals surface area contributed by atoms with Crippen molar-refractivity contribution in [2.24, 2.45) is 4.99 Å². The number of cyclic esters (lactones) is 1. The molecule has 4 aromatic carbocycles. The lowest BCUT2D eigenvalue weighted by Crippen LogP contribution is -2.05. The number of rotatable bonds is 8. The summed E-state index contributed by atoms with van der Waals surface area (Å²) < 4.78 is 18.4. The molecule has 0 saturated heterocycles. The molecule has 0 unspecified atom stereocenters. The molecule has 0 radical (unpaired) electrons. The molecule has 190 valence electrons. The van der Waals surface area contributed by atoms with Crippen molar-refractivity contribution < 1.29 is 19.0 Å². The number of carbonyl (C=O) groups excluding carboxylic acids is 1. The van der Waals surface area contributed by atoms with Crippen LogP contribution in [0.3, 0.4) is 0 Å². The molecule has 1 aliphatic rings. The van der Waals surface area contributed by atoms with Crippen LogP contribution < -0.4 is 9.47 Å². The Labute approximate surface area is 235 Å². The first kappa shape index (κ1) is 25.7. The van der Waals surface area contributed by atoms with Crippen LogP contribution in [0.2, 0.25) is 0 Å². The van der Waals surface area contributed by atoms with Gasteiger partial charge in [-0.05, 0) is 89.0 Å². The summed E-state index contributed by atoms with van der Waals surface area (Å²) in [7, 11) is 0. The van der Waals surface area contributed by atoms with E-state index in [9.17, 15) is 4.79 Å². The minimum atomic E-state index is -0.486. The molecule has 0 atom stereocenters. The predicted molar refractivity (Wildman–Crippen MR) is 158 cm³/mol. The monoisotopic (exact) mass is 615 g/mol. The molecule has 1 heterocycles. The maximum absolute atomic E-state index is 12.6. The summed E-state index contributed by atoms with van der Waals surface area (Å²) in [6, 6.07) is 29.9. The van der Waals surface area contributed by atoms with E-state index in [-0.39, 0.29) is 5.70 Å². The third-order valence-electron chi connectivity index (χ3n) is 5.96. The molecule has 4 aromatic rings. The standard InChI is InChI=1S/C32H26INO4/c1-3-36-29-19-23(17-27(33)30(29)37-20-22-9-7-8-21(2)16-22)18-28-32(35)38-31(34-28)26-14-12-25(13-15-26)24-10-5-4-6-11-24/h4-19H,3,20H2,1-2H3/b28-18-. The number of halogens is 1. The zero-order chi connectivity index (χ0) is 26.5. The second-order valence-corrected chi connectivity index (χ2v) is 9.98. The second-order valence-electron chi connectivity index (χ2n) is 8.82. The van der Waals surface area contributed by atoms with Crippen molar-refractivity contribution in [3.8, 4) is 22.6 Å². The predicted octanol–water partition coefficient (Wildman–Crippen LogP) is 7.59. The number of hydrogen-bond donors (Lipinski definition) is 0. The molecule has 0 spiro atoms. The van der Waals surface area contributed by atoms with E-state index in [4.69, 9.17) is 14.2 Å². The molecule has 38 heavy (non-hydrogen) atoms. The number of carbonyl (C=O) groups is 1. The molecule has 0 fully saturated rings. The fraction of sp³-hybridized carbons (Fsp3) is 0.125. The van der Waals surface area contributed by atoms with E-state index < -0.39 is 5.97 Å². The number of benzene rings is 4. The fourth-order valence-electron chi connectivity index (χ4n) is 4.16. The van der Waals surface area contributed by atoms with Crippen molar-refractivity contribution in [1.29, 1.82) is 0 Å². The van der Waals surface area contributed by atoms with E-state index in [1.165, 1.54) is 5.56 Å². The first-order valence-corrected chi connectivity index (χ1v) is 13.4. The summed E-state index contributed by atoms with van der Waals surface area (Å²) in [5.74, 6) is 1.09. The highest BCUT2D eigenvalue weighted by molar-refractivity contribution is 14.1. The van der Waals surface area contributed by atoms with Crippen molar-refractivity contribution in [3.63, 3.8) is 0 Å². The lowest BCUT2D eigenvalue weighted by Gasteiger charge is -2.15. The maximum Gasteiger partial charge on any atom is 0.363 e. The molecular weight excluding hydrogens is 589 g/mol. The van der Waals surface area contributed by atoms with E-state index in [0.29, 0.717) is 30.6 Å². The number of nitrogens with zero attached hydrogens (tertiary/aromatic N) is 1. The van der Waals surface area contributed by atoms with Crippen LogP contribution in [0.25, 0.3) is 17.2 Å². The van der Waals surface area contributed by atoms with Crippen LogP contribution in [0.15, 0.2) is 102 Å². The van der Waals surface area contributed by atoms with Crippen LogP contribution in [0.5, 0.6) is 11.5 Å². The molecule has 0 aliphatic carbocycles. The molecule has 0 bridgehead atoms. The summed E-state index contributed by atoms with van der Waals surface area (Å²) in [5.41, 5.74) is 6.22. The van der Waals surface area contributed by atoms with Crippen molar-refractivity contribution in [2.75, 3.05) is 6.61 Å². The quantitative estimate of drug-likeness (QED) is 0.117. The molecular formula is C32H26INO4. The molecule has 5 rings (SSSR count). The molecule has 0 N–H and O–H groups in total. The number of aliphatic imine (C=N–C) groups is 1. The van der Waals surface area contributed by atoms with Crippen molar-refractivity contribution in [1.82, 2.24) is 0 Å². The van der Waals surface area contributed by atoms with E-state index in [2.05, 4.69) is 58.8 Å². The average Bonchev–Trinajstić information content (AvgIpc) is 3.29. The highest BCUT2D eigenvalue weighted by atomic mass is 127. The van der Waals surface area contributed by atoms with E-state index in [1.54, 1.807) is 6.08 Å². The summed E-state index contributed by atoms with van der Waals surface area (Å²) >= 11 is 2.23. The van der Waals surface area contributed by atoms with Crippen LogP contribution in [0, 0.1) is 10.5 Å². The Morgan fingerprint density at radius 2 is 1.61 bits per heavy atom. The number of esters is 1. The summed E-state index contributed by atoms with van der Waals surface area (Å²) in [6.45, 7) is 4.90. The Hall–Kier alpha value is -3.91. The Bertz CT molecular complexity index is 1530.